The van der Waals surface area contributed by atoms with Gasteiger partial charge in [0.2, 0.25) is 0 Å². The Labute approximate surface area is 161 Å². The summed E-state index contributed by atoms with van der Waals surface area (Å²) >= 11 is 8.00. The standard InChI is InChI=1S/C21H16ClN3S/c1-13-17-11-12-26-20(17)18-19(14-7-9-15(22)10-8-14)24-25(21(18)23-13)16-5-3-2-4-6-16/h2-10H,11-12H2,1H3. The topological polar surface area (TPSA) is 30.7 Å². The molecule has 0 saturated carbocycles. The van der Waals surface area contributed by atoms with E-state index in [9.17, 15) is 0 Å². The molecule has 128 valence electrons. The molecule has 0 atom stereocenters. The molecule has 0 radical (unpaired) electrons. The zero-order chi connectivity index (χ0) is 17.7. The highest BCUT2D eigenvalue weighted by Gasteiger charge is 2.25. The summed E-state index contributed by atoms with van der Waals surface area (Å²) in [5.41, 5.74) is 6.45. The Bertz CT molecular complexity index is 1120. The lowest BCUT2D eigenvalue weighted by Crippen LogP contribution is -1.99. The van der Waals surface area contributed by atoms with Crippen molar-refractivity contribution >= 4 is 34.4 Å². The van der Waals surface area contributed by atoms with Crippen molar-refractivity contribution in [3.05, 3.63) is 70.9 Å². The summed E-state index contributed by atoms with van der Waals surface area (Å²) in [5.74, 6) is 1.10. The molecule has 4 aromatic rings. The predicted octanol–water partition coefficient (Wildman–Crippen LogP) is 5.70. The number of hydrogen-bond acceptors (Lipinski definition) is 3. The Hall–Kier alpha value is -2.30. The third kappa shape index (κ3) is 2.44. The SMILES string of the molecule is Cc1nc2c(c(-c3ccc(Cl)cc3)nn2-c2ccccc2)c2c1CCS2. The number of rotatable bonds is 2. The number of nitrogens with zero attached hydrogens (tertiary/aromatic N) is 3. The van der Waals surface area contributed by atoms with Crippen molar-refractivity contribution in [3.8, 4) is 16.9 Å². The molecule has 2 aromatic carbocycles. The van der Waals surface area contributed by atoms with Crippen molar-refractivity contribution in [2.75, 3.05) is 5.75 Å². The highest BCUT2D eigenvalue weighted by Crippen LogP contribution is 2.42. The second kappa shape index (κ2) is 6.15. The maximum Gasteiger partial charge on any atom is 0.164 e. The molecule has 0 fully saturated rings. The number of hydrogen-bond donors (Lipinski definition) is 0. The molecule has 0 N–H and O–H groups in total. The maximum absolute atomic E-state index is 6.09. The number of fused-ring (bicyclic) bond motifs is 3. The molecule has 1 aliphatic heterocycles. The summed E-state index contributed by atoms with van der Waals surface area (Å²) in [6, 6.07) is 18.1. The van der Waals surface area contributed by atoms with Crippen LogP contribution < -0.4 is 0 Å². The van der Waals surface area contributed by atoms with Crippen LogP contribution in [0.4, 0.5) is 0 Å². The fourth-order valence-electron chi connectivity index (χ4n) is 3.53. The van der Waals surface area contributed by atoms with E-state index in [2.05, 4.69) is 19.1 Å². The van der Waals surface area contributed by atoms with Crippen LogP contribution in [0, 0.1) is 6.92 Å². The Morgan fingerprint density at radius 2 is 1.81 bits per heavy atom. The highest BCUT2D eigenvalue weighted by atomic mass is 35.5. The van der Waals surface area contributed by atoms with Gasteiger partial charge in [0.05, 0.1) is 11.1 Å². The Kier molecular flexibility index (Phi) is 3.76. The molecule has 0 saturated heterocycles. The van der Waals surface area contributed by atoms with Crippen LogP contribution in [0.25, 0.3) is 28.0 Å². The quantitative estimate of drug-likeness (QED) is 0.449. The average Bonchev–Trinajstić information content (AvgIpc) is 3.28. The average molecular weight is 378 g/mol. The van der Waals surface area contributed by atoms with Gasteiger partial charge in [-0.05, 0) is 43.2 Å². The van der Waals surface area contributed by atoms with E-state index in [0.717, 1.165) is 50.9 Å². The van der Waals surface area contributed by atoms with E-state index in [1.807, 2.05) is 58.9 Å². The van der Waals surface area contributed by atoms with Crippen LogP contribution in [-0.2, 0) is 6.42 Å². The van der Waals surface area contributed by atoms with Crippen LogP contribution in [0.3, 0.4) is 0 Å². The minimum atomic E-state index is 0.731. The molecule has 26 heavy (non-hydrogen) atoms. The number of benzene rings is 2. The van der Waals surface area contributed by atoms with Gasteiger partial charge < -0.3 is 0 Å². The van der Waals surface area contributed by atoms with Crippen LogP contribution in [0.15, 0.2) is 59.5 Å². The molecule has 1 aliphatic rings. The van der Waals surface area contributed by atoms with E-state index in [0.29, 0.717) is 0 Å². The van der Waals surface area contributed by atoms with E-state index in [1.165, 1.54) is 10.5 Å². The molecule has 0 aliphatic carbocycles. The molecule has 5 rings (SSSR count). The fraction of sp³-hybridized carbons (Fsp3) is 0.143. The number of pyridine rings is 1. The number of halogens is 1. The second-order valence-corrected chi connectivity index (χ2v) is 7.95. The van der Waals surface area contributed by atoms with Crippen molar-refractivity contribution in [2.24, 2.45) is 0 Å². The van der Waals surface area contributed by atoms with Crippen molar-refractivity contribution in [3.63, 3.8) is 0 Å². The molecule has 3 nitrogen and oxygen atoms in total. The Morgan fingerprint density at radius 3 is 2.58 bits per heavy atom. The van der Waals surface area contributed by atoms with Gasteiger partial charge >= 0.3 is 0 Å². The van der Waals surface area contributed by atoms with Crippen LogP contribution in [0.5, 0.6) is 0 Å². The zero-order valence-electron chi connectivity index (χ0n) is 14.2. The first-order chi connectivity index (χ1) is 12.7. The number of thioether (sulfide) groups is 1. The molecule has 2 aromatic heterocycles. The molecular weight excluding hydrogens is 362 g/mol. The van der Waals surface area contributed by atoms with Crippen molar-refractivity contribution in [1.29, 1.82) is 0 Å². The minimum Gasteiger partial charge on any atom is -0.233 e. The molecule has 5 heteroatoms. The Balaban J connectivity index is 1.87. The molecular formula is C21H16ClN3S. The molecule has 0 bridgehead atoms. The van der Waals surface area contributed by atoms with Gasteiger partial charge in [-0.3, -0.25) is 0 Å². The summed E-state index contributed by atoms with van der Waals surface area (Å²) in [4.78, 5) is 6.28. The summed E-state index contributed by atoms with van der Waals surface area (Å²) < 4.78 is 1.96. The second-order valence-electron chi connectivity index (χ2n) is 6.40. The van der Waals surface area contributed by atoms with Gasteiger partial charge in [0.1, 0.15) is 5.69 Å². The van der Waals surface area contributed by atoms with Crippen LogP contribution in [-0.4, -0.2) is 20.5 Å². The monoisotopic (exact) mass is 377 g/mol. The van der Waals surface area contributed by atoms with Gasteiger partial charge in [-0.1, -0.05) is 41.9 Å². The normalized spacial score (nSPS) is 13.3. The van der Waals surface area contributed by atoms with E-state index in [1.54, 1.807) is 0 Å². The smallest absolute Gasteiger partial charge is 0.164 e. The molecule has 0 spiro atoms. The summed E-state index contributed by atoms with van der Waals surface area (Å²) in [6.07, 6.45) is 1.07. The number of para-hydroxylation sites is 1. The molecule has 0 amide bonds. The number of aryl methyl sites for hydroxylation is 1. The van der Waals surface area contributed by atoms with Crippen LogP contribution >= 0.6 is 23.4 Å². The van der Waals surface area contributed by atoms with Gasteiger partial charge in [-0.2, -0.15) is 5.10 Å². The van der Waals surface area contributed by atoms with Gasteiger partial charge in [0.25, 0.3) is 0 Å². The van der Waals surface area contributed by atoms with Gasteiger partial charge in [0.15, 0.2) is 5.65 Å². The maximum atomic E-state index is 6.09. The van der Waals surface area contributed by atoms with Crippen LogP contribution in [0.1, 0.15) is 11.3 Å². The summed E-state index contributed by atoms with van der Waals surface area (Å²) in [5, 5.41) is 6.86. The first-order valence-electron chi connectivity index (χ1n) is 8.59. The molecule has 0 unspecified atom stereocenters. The van der Waals surface area contributed by atoms with Crippen LogP contribution in [0.2, 0.25) is 5.02 Å². The fourth-order valence-corrected chi connectivity index (χ4v) is 4.92. The third-order valence-corrected chi connectivity index (χ3v) is 6.19. The van der Waals surface area contributed by atoms with Gasteiger partial charge in [-0.15, -0.1) is 11.8 Å². The largest absolute Gasteiger partial charge is 0.233 e. The molecule has 3 heterocycles. The first kappa shape index (κ1) is 15.9. The minimum absolute atomic E-state index is 0.731. The zero-order valence-corrected chi connectivity index (χ0v) is 15.8. The van der Waals surface area contributed by atoms with Gasteiger partial charge in [0, 0.05) is 26.9 Å². The van der Waals surface area contributed by atoms with Crippen molar-refractivity contribution in [2.45, 2.75) is 18.2 Å². The Morgan fingerprint density at radius 1 is 1.04 bits per heavy atom. The number of aromatic nitrogens is 3. The van der Waals surface area contributed by atoms with E-state index in [-0.39, 0.29) is 0 Å². The van der Waals surface area contributed by atoms with Crippen molar-refractivity contribution < 1.29 is 0 Å². The van der Waals surface area contributed by atoms with E-state index >= 15 is 0 Å². The van der Waals surface area contributed by atoms with Crippen molar-refractivity contribution in [1.82, 2.24) is 14.8 Å². The first-order valence-corrected chi connectivity index (χ1v) is 9.95. The lowest BCUT2D eigenvalue weighted by atomic mass is 10.1. The summed E-state index contributed by atoms with van der Waals surface area (Å²) in [7, 11) is 0. The third-order valence-electron chi connectivity index (χ3n) is 4.79. The summed E-state index contributed by atoms with van der Waals surface area (Å²) in [6.45, 7) is 2.11. The van der Waals surface area contributed by atoms with Gasteiger partial charge in [-0.25, -0.2) is 9.67 Å². The predicted molar refractivity (Wildman–Crippen MR) is 108 cm³/mol. The van der Waals surface area contributed by atoms with E-state index in [4.69, 9.17) is 21.7 Å². The van der Waals surface area contributed by atoms with E-state index < -0.39 is 0 Å². The lowest BCUT2D eigenvalue weighted by Gasteiger charge is -2.07. The lowest BCUT2D eigenvalue weighted by molar-refractivity contribution is 0.895. The highest BCUT2D eigenvalue weighted by molar-refractivity contribution is 7.99.